The first-order chi connectivity index (χ1) is 7.75. The van der Waals surface area contributed by atoms with Crippen molar-refractivity contribution in [3.8, 4) is 11.6 Å². The van der Waals surface area contributed by atoms with E-state index in [4.69, 9.17) is 4.42 Å². The first-order valence-electron chi connectivity index (χ1n) is 5.11. The lowest BCUT2D eigenvalue weighted by Gasteiger charge is -1.90. The minimum atomic E-state index is 0.704. The highest BCUT2D eigenvalue weighted by Gasteiger charge is 2.12. The van der Waals surface area contributed by atoms with Crippen molar-refractivity contribution in [1.29, 1.82) is 0 Å². The van der Waals surface area contributed by atoms with Gasteiger partial charge >= 0.3 is 0 Å². The van der Waals surface area contributed by atoms with Crippen LogP contribution in [0, 0.1) is 13.8 Å². The van der Waals surface area contributed by atoms with Gasteiger partial charge in [0.25, 0.3) is 0 Å². The Morgan fingerprint density at radius 1 is 1.25 bits per heavy atom. The zero-order valence-electron chi connectivity index (χ0n) is 9.11. The molecule has 0 bridgehead atoms. The highest BCUT2D eigenvalue weighted by Crippen LogP contribution is 2.24. The van der Waals surface area contributed by atoms with Gasteiger partial charge < -0.3 is 9.40 Å². The number of para-hydroxylation sites is 1. The highest BCUT2D eigenvalue weighted by molar-refractivity contribution is 5.81. The van der Waals surface area contributed by atoms with Crippen molar-refractivity contribution in [3.63, 3.8) is 0 Å². The van der Waals surface area contributed by atoms with E-state index < -0.39 is 0 Å². The number of nitrogens with one attached hydrogen (secondary N) is 1. The van der Waals surface area contributed by atoms with Gasteiger partial charge in [0, 0.05) is 0 Å². The van der Waals surface area contributed by atoms with E-state index in [1.165, 1.54) is 6.39 Å². The van der Waals surface area contributed by atoms with Gasteiger partial charge in [-0.1, -0.05) is 12.1 Å². The number of hydrogen-bond acceptors (Lipinski definition) is 3. The Morgan fingerprint density at radius 3 is 2.81 bits per heavy atom. The predicted molar refractivity (Wildman–Crippen MR) is 61.1 cm³/mol. The maximum Gasteiger partial charge on any atom is 0.192 e. The number of aromatic nitrogens is 3. The molecule has 0 fully saturated rings. The third-order valence-corrected chi connectivity index (χ3v) is 2.68. The Bertz CT molecular complexity index is 651. The van der Waals surface area contributed by atoms with Crippen molar-refractivity contribution >= 4 is 11.0 Å². The molecule has 0 saturated heterocycles. The summed E-state index contributed by atoms with van der Waals surface area (Å²) in [4.78, 5) is 11.8. The average Bonchev–Trinajstić information content (AvgIpc) is 2.84. The van der Waals surface area contributed by atoms with Gasteiger partial charge in [-0.25, -0.2) is 9.97 Å². The van der Waals surface area contributed by atoms with E-state index in [9.17, 15) is 0 Å². The molecular weight excluding hydrogens is 202 g/mol. The van der Waals surface area contributed by atoms with Crippen molar-refractivity contribution in [3.05, 3.63) is 35.9 Å². The molecule has 2 aromatic heterocycles. The van der Waals surface area contributed by atoms with Gasteiger partial charge in [-0.05, 0) is 25.5 Å². The summed E-state index contributed by atoms with van der Waals surface area (Å²) in [5.74, 6) is 1.44. The van der Waals surface area contributed by atoms with Crippen molar-refractivity contribution in [2.45, 2.75) is 13.8 Å². The van der Waals surface area contributed by atoms with Gasteiger partial charge in [0.2, 0.25) is 0 Å². The fourth-order valence-electron chi connectivity index (χ4n) is 1.81. The molecule has 0 aliphatic carbocycles. The molecule has 0 aliphatic rings. The molecule has 0 radical (unpaired) electrons. The number of rotatable bonds is 1. The number of H-pyrrole nitrogens is 1. The van der Waals surface area contributed by atoms with Crippen LogP contribution in [-0.2, 0) is 0 Å². The molecule has 1 aromatic carbocycles. The van der Waals surface area contributed by atoms with Crippen LogP contribution in [0.3, 0.4) is 0 Å². The molecule has 1 N–H and O–H groups in total. The lowest BCUT2D eigenvalue weighted by Crippen LogP contribution is -1.80. The number of benzene rings is 1. The van der Waals surface area contributed by atoms with Crippen LogP contribution in [0.2, 0.25) is 0 Å². The van der Waals surface area contributed by atoms with Crippen molar-refractivity contribution < 1.29 is 4.42 Å². The second-order valence-electron chi connectivity index (χ2n) is 3.82. The first-order valence-corrected chi connectivity index (χ1v) is 5.11. The van der Waals surface area contributed by atoms with Gasteiger partial charge in [-0.2, -0.15) is 0 Å². The lowest BCUT2D eigenvalue weighted by atomic mass is 10.2. The van der Waals surface area contributed by atoms with E-state index in [1.54, 1.807) is 0 Å². The molecule has 0 spiro atoms. The van der Waals surface area contributed by atoms with E-state index in [0.717, 1.165) is 28.1 Å². The average molecular weight is 213 g/mol. The van der Waals surface area contributed by atoms with Crippen LogP contribution in [0.4, 0.5) is 0 Å². The van der Waals surface area contributed by atoms with Gasteiger partial charge in [0.05, 0.1) is 16.7 Å². The molecule has 0 amide bonds. The number of aryl methyl sites for hydroxylation is 2. The van der Waals surface area contributed by atoms with Crippen LogP contribution in [0.15, 0.2) is 29.0 Å². The maximum atomic E-state index is 5.31. The number of oxazole rings is 1. The molecule has 4 heteroatoms. The van der Waals surface area contributed by atoms with E-state index in [0.29, 0.717) is 5.76 Å². The van der Waals surface area contributed by atoms with E-state index in [1.807, 2.05) is 32.0 Å². The Morgan fingerprint density at radius 2 is 2.12 bits per heavy atom. The summed E-state index contributed by atoms with van der Waals surface area (Å²) in [6, 6.07) is 6.05. The Labute approximate surface area is 92.3 Å². The molecule has 0 aliphatic heterocycles. The van der Waals surface area contributed by atoms with Crippen molar-refractivity contribution in [2.24, 2.45) is 0 Å². The molecule has 3 rings (SSSR count). The minimum Gasteiger partial charge on any atom is -0.440 e. The van der Waals surface area contributed by atoms with Crippen molar-refractivity contribution in [1.82, 2.24) is 15.0 Å². The molecule has 2 heterocycles. The number of imidazole rings is 1. The number of fused-ring (bicyclic) bond motifs is 1. The number of nitrogens with zero attached hydrogens (tertiary/aromatic N) is 2. The monoisotopic (exact) mass is 213 g/mol. The molecule has 3 aromatic rings. The van der Waals surface area contributed by atoms with Crippen LogP contribution in [0.5, 0.6) is 0 Å². The molecule has 0 saturated carbocycles. The second-order valence-corrected chi connectivity index (χ2v) is 3.82. The number of aromatic amines is 1. The molecule has 80 valence electrons. The Balaban J connectivity index is 2.27. The summed E-state index contributed by atoms with van der Waals surface area (Å²) in [7, 11) is 0. The largest absolute Gasteiger partial charge is 0.440 e. The minimum absolute atomic E-state index is 0.704. The molecule has 4 nitrogen and oxygen atoms in total. The molecule has 0 unspecified atom stereocenters. The summed E-state index contributed by atoms with van der Waals surface area (Å²) < 4.78 is 5.31. The lowest BCUT2D eigenvalue weighted by molar-refractivity contribution is 0.567. The normalized spacial score (nSPS) is 11.1. The fraction of sp³-hybridized carbons (Fsp3) is 0.167. The van der Waals surface area contributed by atoms with Gasteiger partial charge in [0.1, 0.15) is 0 Å². The van der Waals surface area contributed by atoms with Crippen LogP contribution in [0.25, 0.3) is 22.6 Å². The summed E-state index contributed by atoms with van der Waals surface area (Å²) in [5.41, 5.74) is 3.99. The SMILES string of the molecule is Cc1ncoc1-c1nc2c(C)cccc2[nH]1. The molecule has 0 atom stereocenters. The topological polar surface area (TPSA) is 54.7 Å². The summed E-state index contributed by atoms with van der Waals surface area (Å²) >= 11 is 0. The van der Waals surface area contributed by atoms with Gasteiger partial charge in [0.15, 0.2) is 18.0 Å². The van der Waals surface area contributed by atoms with Gasteiger partial charge in [-0.15, -0.1) is 0 Å². The third kappa shape index (κ3) is 1.23. The van der Waals surface area contributed by atoms with E-state index in [-0.39, 0.29) is 0 Å². The van der Waals surface area contributed by atoms with Crippen LogP contribution in [-0.4, -0.2) is 15.0 Å². The fourth-order valence-corrected chi connectivity index (χ4v) is 1.81. The first kappa shape index (κ1) is 9.15. The van der Waals surface area contributed by atoms with Crippen LogP contribution >= 0.6 is 0 Å². The molecular formula is C12H11N3O. The van der Waals surface area contributed by atoms with Gasteiger partial charge in [-0.3, -0.25) is 0 Å². The zero-order valence-corrected chi connectivity index (χ0v) is 9.11. The van der Waals surface area contributed by atoms with Crippen LogP contribution < -0.4 is 0 Å². The summed E-state index contributed by atoms with van der Waals surface area (Å²) in [6.45, 7) is 3.94. The Hall–Kier alpha value is -2.10. The van der Waals surface area contributed by atoms with Crippen molar-refractivity contribution in [2.75, 3.05) is 0 Å². The smallest absolute Gasteiger partial charge is 0.192 e. The van der Waals surface area contributed by atoms with E-state index >= 15 is 0 Å². The highest BCUT2D eigenvalue weighted by atomic mass is 16.3. The summed E-state index contributed by atoms with van der Waals surface area (Å²) in [6.07, 6.45) is 1.44. The standard InChI is InChI=1S/C12H11N3O/c1-7-4-3-5-9-10(7)15-12(14-9)11-8(2)13-6-16-11/h3-6H,1-2H3,(H,14,15). The second kappa shape index (κ2) is 3.20. The third-order valence-electron chi connectivity index (χ3n) is 2.68. The zero-order chi connectivity index (χ0) is 11.1. The van der Waals surface area contributed by atoms with E-state index in [2.05, 4.69) is 15.0 Å². The number of hydrogen-bond donors (Lipinski definition) is 1. The quantitative estimate of drug-likeness (QED) is 0.676. The predicted octanol–water partition coefficient (Wildman–Crippen LogP) is 2.83. The molecule has 16 heavy (non-hydrogen) atoms. The maximum absolute atomic E-state index is 5.31. The summed E-state index contributed by atoms with van der Waals surface area (Å²) in [5, 5.41) is 0. The Kier molecular flexibility index (Phi) is 1.83. The van der Waals surface area contributed by atoms with Crippen LogP contribution in [0.1, 0.15) is 11.3 Å².